The first-order valence-corrected chi connectivity index (χ1v) is 13.8. The molecule has 226 valence electrons. The third-order valence-corrected chi connectivity index (χ3v) is 6.60. The van der Waals surface area contributed by atoms with Crippen LogP contribution in [-0.2, 0) is 19.0 Å². The summed E-state index contributed by atoms with van der Waals surface area (Å²) in [5.74, 6) is -0.0329. The van der Waals surface area contributed by atoms with Crippen LogP contribution in [0.3, 0.4) is 0 Å². The summed E-state index contributed by atoms with van der Waals surface area (Å²) in [4.78, 5) is 10.7. The Balaban J connectivity index is 0.000000617. The topological polar surface area (TPSA) is 97.2 Å². The van der Waals surface area contributed by atoms with E-state index in [1.807, 2.05) is 13.0 Å². The summed E-state index contributed by atoms with van der Waals surface area (Å²) in [6.45, 7) is 13.5. The van der Waals surface area contributed by atoms with Gasteiger partial charge in [0, 0.05) is 5.56 Å². The lowest BCUT2D eigenvalue weighted by Crippen LogP contribution is -2.32. The highest BCUT2D eigenvalue weighted by molar-refractivity contribution is 5.71. The van der Waals surface area contributed by atoms with Crippen LogP contribution in [0, 0.1) is 12.8 Å². The van der Waals surface area contributed by atoms with Crippen molar-refractivity contribution < 1.29 is 38.0 Å². The van der Waals surface area contributed by atoms with Gasteiger partial charge in [0.2, 0.25) is 0 Å². The molecule has 1 heterocycles. The zero-order chi connectivity index (χ0) is 30.1. The molecule has 0 bridgehead atoms. The number of aliphatic carboxylic acids is 1. The fourth-order valence-electron chi connectivity index (χ4n) is 3.87. The maximum absolute atomic E-state index is 11.4. The molecule has 0 aromatic heterocycles. The van der Waals surface area contributed by atoms with Crippen LogP contribution in [0.1, 0.15) is 77.2 Å². The predicted molar refractivity (Wildman–Crippen MR) is 153 cm³/mol. The highest BCUT2D eigenvalue weighted by atomic mass is 19.3. The van der Waals surface area contributed by atoms with E-state index in [0.717, 1.165) is 49.1 Å². The number of benzene rings is 1. The lowest BCUT2D eigenvalue weighted by Gasteiger charge is -2.29. The van der Waals surface area contributed by atoms with Gasteiger partial charge in [0.15, 0.2) is 12.3 Å². The summed E-state index contributed by atoms with van der Waals surface area (Å²) in [6, 6.07) is 8.27. The van der Waals surface area contributed by atoms with Gasteiger partial charge in [-0.2, -0.15) is 0 Å². The van der Waals surface area contributed by atoms with Gasteiger partial charge in [0.1, 0.15) is 5.76 Å². The SMILES string of the molecule is C/C=C(\C)C(F)F.C=CCC.CC1=C(COCC2CCCC(OCC(O)C(=O)O)C2)NC(c2ccc(C)cc2)O1. The van der Waals surface area contributed by atoms with Crippen molar-refractivity contribution in [2.75, 3.05) is 19.8 Å². The van der Waals surface area contributed by atoms with Crippen LogP contribution in [-0.4, -0.2) is 54.6 Å². The monoisotopic (exact) mass is 567 g/mol. The van der Waals surface area contributed by atoms with Crippen molar-refractivity contribution in [3.05, 3.63) is 71.2 Å². The maximum Gasteiger partial charge on any atom is 0.334 e. The van der Waals surface area contributed by atoms with E-state index in [0.29, 0.717) is 19.1 Å². The molecule has 1 saturated carbocycles. The fraction of sp³-hybridized carbons (Fsp3) is 0.581. The van der Waals surface area contributed by atoms with Gasteiger partial charge in [-0.25, -0.2) is 13.6 Å². The first kappa shape index (κ1) is 35.3. The Kier molecular flexibility index (Phi) is 17.1. The number of aliphatic hydroxyl groups is 1. The molecule has 0 spiro atoms. The quantitative estimate of drug-likeness (QED) is 0.257. The number of carbonyl (C=O) groups is 1. The van der Waals surface area contributed by atoms with Gasteiger partial charge in [0.05, 0.1) is 31.6 Å². The number of hydrogen-bond acceptors (Lipinski definition) is 6. The zero-order valence-corrected chi connectivity index (χ0v) is 24.5. The van der Waals surface area contributed by atoms with E-state index in [2.05, 4.69) is 50.0 Å². The molecule has 2 aliphatic rings. The molecule has 1 aliphatic heterocycles. The van der Waals surface area contributed by atoms with E-state index in [1.54, 1.807) is 6.92 Å². The Morgan fingerprint density at radius 1 is 1.25 bits per heavy atom. The molecule has 4 atom stereocenters. The molecule has 4 unspecified atom stereocenters. The Morgan fingerprint density at radius 2 is 1.90 bits per heavy atom. The summed E-state index contributed by atoms with van der Waals surface area (Å²) < 4.78 is 40.2. The van der Waals surface area contributed by atoms with Gasteiger partial charge in [-0.3, -0.25) is 0 Å². The van der Waals surface area contributed by atoms with Crippen LogP contribution in [0.2, 0.25) is 0 Å². The van der Waals surface area contributed by atoms with Gasteiger partial charge >= 0.3 is 5.97 Å². The molecule has 1 aliphatic carbocycles. The molecule has 1 fully saturated rings. The van der Waals surface area contributed by atoms with Gasteiger partial charge < -0.3 is 29.7 Å². The second-order valence-corrected chi connectivity index (χ2v) is 9.98. The number of carboxylic acid groups (broad SMARTS) is 1. The number of ether oxygens (including phenoxy) is 3. The van der Waals surface area contributed by atoms with Gasteiger partial charge in [0.25, 0.3) is 6.43 Å². The lowest BCUT2D eigenvalue weighted by molar-refractivity contribution is -0.151. The van der Waals surface area contributed by atoms with Crippen molar-refractivity contribution in [3.63, 3.8) is 0 Å². The van der Waals surface area contributed by atoms with Crippen LogP contribution < -0.4 is 5.32 Å². The highest BCUT2D eigenvalue weighted by Crippen LogP contribution is 2.29. The molecule has 9 heteroatoms. The summed E-state index contributed by atoms with van der Waals surface area (Å²) in [7, 11) is 0. The van der Waals surface area contributed by atoms with Gasteiger partial charge in [-0.1, -0.05) is 55.3 Å². The smallest absolute Gasteiger partial charge is 0.334 e. The Bertz CT molecular complexity index is 948. The van der Waals surface area contributed by atoms with Crippen molar-refractivity contribution in [2.24, 2.45) is 5.92 Å². The second kappa shape index (κ2) is 19.3. The molecular weight excluding hydrogens is 520 g/mol. The third kappa shape index (κ3) is 13.5. The Labute approximate surface area is 237 Å². The zero-order valence-electron chi connectivity index (χ0n) is 24.5. The summed E-state index contributed by atoms with van der Waals surface area (Å²) in [5, 5.41) is 21.5. The molecule has 0 amide bonds. The minimum atomic E-state index is -2.27. The van der Waals surface area contributed by atoms with E-state index in [4.69, 9.17) is 19.3 Å². The van der Waals surface area contributed by atoms with E-state index >= 15 is 0 Å². The first-order chi connectivity index (χ1) is 19.0. The van der Waals surface area contributed by atoms with Crippen LogP contribution in [0.5, 0.6) is 0 Å². The van der Waals surface area contributed by atoms with Gasteiger partial charge in [-0.15, -0.1) is 6.58 Å². The molecule has 7 nitrogen and oxygen atoms in total. The standard InChI is InChI=1S/C22H31NO6.C5H8F2.C4H8/c1-14-6-8-17(9-7-14)21-23-19(15(2)29-21)12-27-11-16-4-3-5-18(10-16)28-13-20(24)22(25)26;1-3-4(2)5(6)7;1-3-4-2/h6-9,16,18,20-21,23-24H,3-5,10-13H2,1-2H3,(H,25,26);3,5H,1-2H3;3H,1,4H2,2H3/b;4-3+;. The number of carboxylic acids is 1. The largest absolute Gasteiger partial charge is 0.479 e. The number of halogens is 2. The van der Waals surface area contributed by atoms with Crippen LogP contribution >= 0.6 is 0 Å². The number of allylic oxidation sites excluding steroid dienone is 4. The molecule has 1 aromatic carbocycles. The Hall–Kier alpha value is -2.75. The average molecular weight is 568 g/mol. The molecule has 3 rings (SSSR count). The van der Waals surface area contributed by atoms with Crippen LogP contribution in [0.15, 0.2) is 60.0 Å². The molecule has 0 radical (unpaired) electrons. The molecule has 0 saturated heterocycles. The minimum absolute atomic E-state index is 0.0221. The Morgan fingerprint density at radius 3 is 2.42 bits per heavy atom. The van der Waals surface area contributed by atoms with E-state index in [9.17, 15) is 18.7 Å². The van der Waals surface area contributed by atoms with E-state index < -0.39 is 18.5 Å². The number of aliphatic hydroxyl groups excluding tert-OH is 1. The fourth-order valence-corrected chi connectivity index (χ4v) is 3.87. The van der Waals surface area contributed by atoms with Crippen LogP contribution in [0.4, 0.5) is 8.78 Å². The minimum Gasteiger partial charge on any atom is -0.479 e. The maximum atomic E-state index is 11.4. The molecule has 3 N–H and O–H groups in total. The third-order valence-electron chi connectivity index (χ3n) is 6.60. The normalized spacial score (nSPS) is 21.3. The van der Waals surface area contributed by atoms with Crippen molar-refractivity contribution in [3.8, 4) is 0 Å². The molecular formula is C31H47F2NO6. The molecule has 1 aromatic rings. The van der Waals surface area contributed by atoms with Crippen LogP contribution in [0.25, 0.3) is 0 Å². The number of nitrogens with one attached hydrogen (secondary N) is 1. The number of aryl methyl sites for hydroxylation is 1. The number of hydrogen-bond donors (Lipinski definition) is 3. The highest BCUT2D eigenvalue weighted by Gasteiger charge is 2.26. The van der Waals surface area contributed by atoms with Crippen molar-refractivity contribution in [1.82, 2.24) is 5.32 Å². The lowest BCUT2D eigenvalue weighted by atomic mass is 9.88. The predicted octanol–water partition coefficient (Wildman–Crippen LogP) is 6.68. The van der Waals surface area contributed by atoms with Gasteiger partial charge in [-0.05, 0) is 64.9 Å². The number of alkyl halides is 2. The van der Waals surface area contributed by atoms with Crippen molar-refractivity contribution in [1.29, 1.82) is 0 Å². The molecule has 40 heavy (non-hydrogen) atoms. The second-order valence-electron chi connectivity index (χ2n) is 9.98. The first-order valence-electron chi connectivity index (χ1n) is 13.8. The summed E-state index contributed by atoms with van der Waals surface area (Å²) in [6.07, 6.45) is 4.22. The average Bonchev–Trinajstić information content (AvgIpc) is 3.32. The van der Waals surface area contributed by atoms with Crippen molar-refractivity contribution >= 4 is 5.97 Å². The van der Waals surface area contributed by atoms with E-state index in [1.165, 1.54) is 18.6 Å². The number of rotatable bonds is 11. The van der Waals surface area contributed by atoms with E-state index in [-0.39, 0.29) is 24.5 Å². The van der Waals surface area contributed by atoms with Crippen molar-refractivity contribution in [2.45, 2.75) is 91.6 Å². The summed E-state index contributed by atoms with van der Waals surface area (Å²) >= 11 is 0. The summed E-state index contributed by atoms with van der Waals surface area (Å²) in [5.41, 5.74) is 3.40.